The molecule has 2 aliphatic rings. The summed E-state index contributed by atoms with van der Waals surface area (Å²) in [5, 5.41) is 0. The van der Waals surface area contributed by atoms with Crippen molar-refractivity contribution in [1.29, 1.82) is 0 Å². The third-order valence-electron chi connectivity index (χ3n) is 4.82. The van der Waals surface area contributed by atoms with Crippen molar-refractivity contribution >= 4 is 11.7 Å². The quantitative estimate of drug-likeness (QED) is 0.866. The van der Waals surface area contributed by atoms with E-state index in [-0.39, 0.29) is 29.3 Å². The van der Waals surface area contributed by atoms with E-state index in [0.717, 1.165) is 23.2 Å². The van der Waals surface area contributed by atoms with Crippen LogP contribution in [-0.4, -0.2) is 46.9 Å². The van der Waals surface area contributed by atoms with Gasteiger partial charge >= 0.3 is 0 Å². The fraction of sp³-hybridized carbons (Fsp3) is 0.667. The number of fused-ring (bicyclic) bond motifs is 1. The highest BCUT2D eigenvalue weighted by Gasteiger charge is 2.36. The summed E-state index contributed by atoms with van der Waals surface area (Å²) < 4.78 is 5.70. The zero-order chi connectivity index (χ0) is 16.9. The molecule has 1 aromatic heterocycles. The molecular formula is C18H26N2O3. The second-order valence-electron chi connectivity index (χ2n) is 7.89. The number of amides is 1. The van der Waals surface area contributed by atoms with Crippen LogP contribution in [0, 0.1) is 12.3 Å². The van der Waals surface area contributed by atoms with Crippen molar-refractivity contribution in [2.75, 3.05) is 13.1 Å². The largest absolute Gasteiger partial charge is 0.372 e. The first-order chi connectivity index (χ1) is 10.7. The van der Waals surface area contributed by atoms with Crippen LogP contribution in [0.25, 0.3) is 0 Å². The van der Waals surface area contributed by atoms with Crippen LogP contribution in [0.5, 0.6) is 0 Å². The molecular weight excluding hydrogens is 292 g/mol. The van der Waals surface area contributed by atoms with Crippen LogP contribution in [0.15, 0.2) is 0 Å². The molecule has 0 bridgehead atoms. The molecule has 0 unspecified atom stereocenters. The Labute approximate surface area is 137 Å². The Balaban J connectivity index is 1.93. The number of aromatic amines is 1. The maximum Gasteiger partial charge on any atom is 0.270 e. The summed E-state index contributed by atoms with van der Waals surface area (Å²) in [6.07, 6.45) is 1.41. The Morgan fingerprint density at radius 2 is 1.83 bits per heavy atom. The van der Waals surface area contributed by atoms with Crippen molar-refractivity contribution in [1.82, 2.24) is 9.88 Å². The number of ketones is 1. The predicted molar refractivity (Wildman–Crippen MR) is 87.9 cm³/mol. The van der Waals surface area contributed by atoms with Crippen LogP contribution in [-0.2, 0) is 11.2 Å². The lowest BCUT2D eigenvalue weighted by molar-refractivity contribution is -0.0587. The molecule has 0 spiro atoms. The molecule has 0 saturated carbocycles. The van der Waals surface area contributed by atoms with Gasteiger partial charge in [-0.25, -0.2) is 0 Å². The highest BCUT2D eigenvalue weighted by Crippen LogP contribution is 2.37. The minimum absolute atomic E-state index is 0.0236. The van der Waals surface area contributed by atoms with Crippen LogP contribution in [0.4, 0.5) is 0 Å². The number of hydrogen-bond acceptors (Lipinski definition) is 3. The third kappa shape index (κ3) is 2.94. The summed E-state index contributed by atoms with van der Waals surface area (Å²) in [4.78, 5) is 30.5. The fourth-order valence-corrected chi connectivity index (χ4v) is 3.95. The van der Waals surface area contributed by atoms with Gasteiger partial charge in [-0.1, -0.05) is 13.8 Å². The maximum absolute atomic E-state index is 12.9. The Morgan fingerprint density at radius 3 is 2.43 bits per heavy atom. The van der Waals surface area contributed by atoms with E-state index in [0.29, 0.717) is 25.2 Å². The number of carbonyl (C=O) groups is 2. The van der Waals surface area contributed by atoms with Crippen LogP contribution >= 0.6 is 0 Å². The number of Topliss-reactive ketones (excluding diaryl/α,β-unsaturated/α-hetero) is 1. The van der Waals surface area contributed by atoms with E-state index in [1.807, 2.05) is 25.7 Å². The monoisotopic (exact) mass is 318 g/mol. The Bertz CT molecular complexity index is 649. The number of H-pyrrole nitrogens is 1. The van der Waals surface area contributed by atoms with Crippen molar-refractivity contribution in [3.8, 4) is 0 Å². The molecule has 126 valence electrons. The standard InChI is InChI=1S/C18H26N2O3/c1-10-8-20(9-11(2)23-10)17(22)16-12(3)15-13(19-16)6-18(4,5)7-14(15)21/h10-11,19H,6-9H2,1-5H3/t10-,11-/m0/s1. The SMILES string of the molecule is Cc1c(C(=O)N2C[C@H](C)O[C@@H](C)C2)[nH]c2c1C(=O)CC(C)(C)C2. The van der Waals surface area contributed by atoms with Gasteiger partial charge in [0.15, 0.2) is 5.78 Å². The van der Waals surface area contributed by atoms with E-state index >= 15 is 0 Å². The molecule has 1 saturated heterocycles. The van der Waals surface area contributed by atoms with Gasteiger partial charge < -0.3 is 14.6 Å². The summed E-state index contributed by atoms with van der Waals surface area (Å²) >= 11 is 0. The van der Waals surface area contributed by atoms with E-state index in [1.165, 1.54) is 0 Å². The van der Waals surface area contributed by atoms with Crippen LogP contribution < -0.4 is 0 Å². The zero-order valence-electron chi connectivity index (χ0n) is 14.7. The summed E-state index contributed by atoms with van der Waals surface area (Å²) in [5.74, 6) is 0.122. The lowest BCUT2D eigenvalue weighted by atomic mass is 9.75. The average molecular weight is 318 g/mol. The maximum atomic E-state index is 12.9. The van der Waals surface area contributed by atoms with Crippen molar-refractivity contribution in [3.05, 3.63) is 22.5 Å². The molecule has 1 amide bonds. The van der Waals surface area contributed by atoms with Crippen molar-refractivity contribution in [3.63, 3.8) is 0 Å². The first kappa shape index (κ1) is 16.2. The molecule has 5 heteroatoms. The van der Waals surface area contributed by atoms with Crippen LogP contribution in [0.3, 0.4) is 0 Å². The van der Waals surface area contributed by atoms with E-state index in [1.54, 1.807) is 0 Å². The van der Waals surface area contributed by atoms with Gasteiger partial charge in [-0.2, -0.15) is 0 Å². The number of nitrogens with zero attached hydrogens (tertiary/aromatic N) is 1. The average Bonchev–Trinajstić information content (AvgIpc) is 2.72. The van der Waals surface area contributed by atoms with Gasteiger partial charge in [0.2, 0.25) is 0 Å². The Morgan fingerprint density at radius 1 is 1.22 bits per heavy atom. The number of hydrogen-bond donors (Lipinski definition) is 1. The fourth-order valence-electron chi connectivity index (χ4n) is 3.95. The molecule has 0 aromatic carbocycles. The molecule has 2 atom stereocenters. The van der Waals surface area contributed by atoms with E-state index in [4.69, 9.17) is 4.74 Å². The molecule has 1 aliphatic heterocycles. The molecule has 2 heterocycles. The minimum Gasteiger partial charge on any atom is -0.372 e. The van der Waals surface area contributed by atoms with Gasteiger partial charge in [0.1, 0.15) is 5.69 Å². The van der Waals surface area contributed by atoms with Gasteiger partial charge in [0.05, 0.1) is 12.2 Å². The van der Waals surface area contributed by atoms with Crippen molar-refractivity contribution in [2.24, 2.45) is 5.41 Å². The van der Waals surface area contributed by atoms with E-state index in [2.05, 4.69) is 18.8 Å². The summed E-state index contributed by atoms with van der Waals surface area (Å²) in [6.45, 7) is 11.2. The molecule has 1 aromatic rings. The highest BCUT2D eigenvalue weighted by molar-refractivity contribution is 6.04. The number of morpholine rings is 1. The smallest absolute Gasteiger partial charge is 0.270 e. The second kappa shape index (κ2) is 5.48. The summed E-state index contributed by atoms with van der Waals surface area (Å²) in [6, 6.07) is 0. The van der Waals surface area contributed by atoms with Crippen LogP contribution in [0.1, 0.15) is 66.2 Å². The number of rotatable bonds is 1. The topological polar surface area (TPSA) is 62.4 Å². The van der Waals surface area contributed by atoms with Crippen molar-refractivity contribution < 1.29 is 14.3 Å². The lowest BCUT2D eigenvalue weighted by Gasteiger charge is -2.35. The minimum atomic E-state index is -0.0519. The predicted octanol–water partition coefficient (Wildman–Crippen LogP) is 2.73. The Kier molecular flexibility index (Phi) is 3.87. The number of carbonyl (C=O) groups excluding carboxylic acids is 2. The number of nitrogens with one attached hydrogen (secondary N) is 1. The normalized spacial score (nSPS) is 27.0. The van der Waals surface area contributed by atoms with Crippen LogP contribution in [0.2, 0.25) is 0 Å². The molecule has 3 rings (SSSR count). The van der Waals surface area contributed by atoms with E-state index in [9.17, 15) is 9.59 Å². The molecule has 23 heavy (non-hydrogen) atoms. The second-order valence-corrected chi connectivity index (χ2v) is 7.89. The van der Waals surface area contributed by atoms with Gasteiger partial charge in [0, 0.05) is 30.8 Å². The first-order valence-corrected chi connectivity index (χ1v) is 8.37. The number of aromatic nitrogens is 1. The molecule has 1 aliphatic carbocycles. The van der Waals surface area contributed by atoms with Gasteiger partial charge in [0.25, 0.3) is 5.91 Å². The molecule has 1 fully saturated rings. The van der Waals surface area contributed by atoms with E-state index < -0.39 is 0 Å². The third-order valence-corrected chi connectivity index (χ3v) is 4.82. The molecule has 1 N–H and O–H groups in total. The lowest BCUT2D eigenvalue weighted by Crippen LogP contribution is -2.48. The molecule has 0 radical (unpaired) electrons. The number of ether oxygens (including phenoxy) is 1. The van der Waals surface area contributed by atoms with Gasteiger partial charge in [-0.05, 0) is 38.2 Å². The molecule has 5 nitrogen and oxygen atoms in total. The van der Waals surface area contributed by atoms with Gasteiger partial charge in [-0.3, -0.25) is 9.59 Å². The highest BCUT2D eigenvalue weighted by atomic mass is 16.5. The summed E-state index contributed by atoms with van der Waals surface area (Å²) in [7, 11) is 0. The van der Waals surface area contributed by atoms with Crippen molar-refractivity contribution in [2.45, 2.75) is 59.7 Å². The summed E-state index contributed by atoms with van der Waals surface area (Å²) in [5.41, 5.74) is 2.98. The van der Waals surface area contributed by atoms with Gasteiger partial charge in [-0.15, -0.1) is 0 Å². The zero-order valence-corrected chi connectivity index (χ0v) is 14.7. The first-order valence-electron chi connectivity index (χ1n) is 8.37. The Hall–Kier alpha value is -1.62.